The van der Waals surface area contributed by atoms with Gasteiger partial charge in [0.15, 0.2) is 0 Å². The number of thiazole rings is 1. The summed E-state index contributed by atoms with van der Waals surface area (Å²) in [5, 5.41) is 2.90. The molecule has 1 N–H and O–H groups in total. The van der Waals surface area contributed by atoms with Crippen LogP contribution in [-0.4, -0.2) is 20.5 Å². The summed E-state index contributed by atoms with van der Waals surface area (Å²) in [4.78, 5) is 4.68. The number of hydrogen-bond acceptors (Lipinski definition) is 5. The van der Waals surface area contributed by atoms with Gasteiger partial charge in [-0.05, 0) is 30.7 Å². The smallest absolute Gasteiger partial charge is 0.241 e. The summed E-state index contributed by atoms with van der Waals surface area (Å²) in [7, 11) is -2.01. The molecule has 0 aliphatic rings. The first kappa shape index (κ1) is 16.9. The topological polar surface area (TPSA) is 68.3 Å². The van der Waals surface area contributed by atoms with Crippen LogP contribution in [0.5, 0.6) is 5.75 Å². The molecule has 0 aliphatic heterocycles. The van der Waals surface area contributed by atoms with Crippen molar-refractivity contribution in [3.8, 4) is 5.75 Å². The van der Waals surface area contributed by atoms with E-state index in [4.69, 9.17) is 4.74 Å². The van der Waals surface area contributed by atoms with Gasteiger partial charge in [-0.15, -0.1) is 11.3 Å². The Morgan fingerprint density at radius 3 is 2.64 bits per heavy atom. The molecule has 0 atom stereocenters. The fraction of sp³-hybridized carbons (Fsp3) is 0.400. The van der Waals surface area contributed by atoms with Gasteiger partial charge < -0.3 is 4.74 Å². The molecule has 5 nitrogen and oxygen atoms in total. The van der Waals surface area contributed by atoms with Crippen LogP contribution < -0.4 is 9.46 Å². The van der Waals surface area contributed by atoms with Gasteiger partial charge in [-0.25, -0.2) is 18.1 Å². The molecule has 0 saturated carbocycles. The number of nitrogens with zero attached hydrogens (tertiary/aromatic N) is 1. The summed E-state index contributed by atoms with van der Waals surface area (Å²) in [6.07, 6.45) is 0. The van der Waals surface area contributed by atoms with E-state index in [0.29, 0.717) is 17.2 Å². The van der Waals surface area contributed by atoms with Crippen molar-refractivity contribution in [1.82, 2.24) is 9.71 Å². The van der Waals surface area contributed by atoms with E-state index >= 15 is 0 Å². The largest absolute Gasteiger partial charge is 0.497 e. The number of hydrogen-bond donors (Lipinski definition) is 1. The van der Waals surface area contributed by atoms with Crippen molar-refractivity contribution in [2.24, 2.45) is 0 Å². The number of methoxy groups -OCH3 is 1. The Kier molecular flexibility index (Phi) is 5.20. The second kappa shape index (κ2) is 6.76. The summed E-state index contributed by atoms with van der Waals surface area (Å²) in [5.41, 5.74) is 1.39. The third-order valence-corrected chi connectivity index (χ3v) is 5.93. The van der Waals surface area contributed by atoms with E-state index in [-0.39, 0.29) is 11.4 Å². The Bertz CT molecular complexity index is 752. The van der Waals surface area contributed by atoms with Crippen LogP contribution in [-0.2, 0) is 16.6 Å². The van der Waals surface area contributed by atoms with Gasteiger partial charge in [0.1, 0.15) is 5.75 Å². The highest BCUT2D eigenvalue weighted by atomic mass is 32.2. The molecular formula is C15H20N2O3S2. The van der Waals surface area contributed by atoms with Crippen LogP contribution >= 0.6 is 11.3 Å². The summed E-state index contributed by atoms with van der Waals surface area (Å²) >= 11 is 1.55. The zero-order valence-electron chi connectivity index (χ0n) is 13.1. The van der Waals surface area contributed by atoms with Gasteiger partial charge in [-0.3, -0.25) is 0 Å². The second-order valence-electron chi connectivity index (χ2n) is 5.29. The molecule has 1 aromatic heterocycles. The van der Waals surface area contributed by atoms with Gasteiger partial charge in [0, 0.05) is 11.3 Å². The van der Waals surface area contributed by atoms with Crippen LogP contribution in [0.3, 0.4) is 0 Å². The summed E-state index contributed by atoms with van der Waals surface area (Å²) in [6, 6.07) is 4.90. The Morgan fingerprint density at radius 1 is 1.36 bits per heavy atom. The van der Waals surface area contributed by atoms with E-state index < -0.39 is 10.0 Å². The van der Waals surface area contributed by atoms with Gasteiger partial charge in [-0.2, -0.15) is 0 Å². The van der Waals surface area contributed by atoms with Gasteiger partial charge >= 0.3 is 0 Å². The van der Waals surface area contributed by atoms with Crippen molar-refractivity contribution in [1.29, 1.82) is 0 Å². The number of benzene rings is 1. The van der Waals surface area contributed by atoms with E-state index in [1.54, 1.807) is 43.6 Å². The minimum absolute atomic E-state index is 0.191. The van der Waals surface area contributed by atoms with Crippen LogP contribution in [0.1, 0.15) is 36.0 Å². The van der Waals surface area contributed by atoms with E-state index in [9.17, 15) is 8.42 Å². The van der Waals surface area contributed by atoms with Crippen molar-refractivity contribution >= 4 is 21.4 Å². The maximum Gasteiger partial charge on any atom is 0.241 e. The highest BCUT2D eigenvalue weighted by Crippen LogP contribution is 2.22. The molecule has 1 aromatic carbocycles. The van der Waals surface area contributed by atoms with E-state index in [0.717, 1.165) is 10.7 Å². The number of aromatic nitrogens is 1. The molecule has 120 valence electrons. The number of rotatable bonds is 6. The highest BCUT2D eigenvalue weighted by molar-refractivity contribution is 7.89. The average Bonchev–Trinajstić information content (AvgIpc) is 2.94. The second-order valence-corrected chi connectivity index (χ2v) is 7.91. The normalized spacial score (nSPS) is 11.9. The molecule has 0 radical (unpaired) electrons. The number of aryl methyl sites for hydroxylation is 1. The summed E-state index contributed by atoms with van der Waals surface area (Å²) in [5.74, 6) is 0.983. The van der Waals surface area contributed by atoms with Crippen molar-refractivity contribution < 1.29 is 13.2 Å². The first-order valence-corrected chi connectivity index (χ1v) is 9.28. The average molecular weight is 340 g/mol. The fourth-order valence-electron chi connectivity index (χ4n) is 1.97. The van der Waals surface area contributed by atoms with E-state index in [1.807, 2.05) is 5.38 Å². The molecule has 0 spiro atoms. The predicted molar refractivity (Wildman–Crippen MR) is 88.0 cm³/mol. The lowest BCUT2D eigenvalue weighted by atomic mass is 10.2. The van der Waals surface area contributed by atoms with Crippen molar-refractivity contribution in [2.75, 3.05) is 7.11 Å². The van der Waals surface area contributed by atoms with Crippen LogP contribution in [0.25, 0.3) is 0 Å². The standard InChI is InChI=1S/C15H20N2O3S2/c1-10(2)15-17-12(9-21-15)8-16-22(18,19)14-6-5-13(20-4)7-11(14)3/h5-7,9-10,16H,8H2,1-4H3. The first-order chi connectivity index (χ1) is 10.3. The molecular weight excluding hydrogens is 320 g/mol. The number of sulfonamides is 1. The number of ether oxygens (including phenoxy) is 1. The number of nitrogens with one attached hydrogen (secondary N) is 1. The lowest BCUT2D eigenvalue weighted by Gasteiger charge is -2.10. The highest BCUT2D eigenvalue weighted by Gasteiger charge is 2.17. The van der Waals surface area contributed by atoms with Gasteiger partial charge in [0.2, 0.25) is 10.0 Å². The molecule has 0 unspecified atom stereocenters. The molecule has 0 saturated heterocycles. The molecule has 0 aliphatic carbocycles. The minimum Gasteiger partial charge on any atom is -0.497 e. The third kappa shape index (κ3) is 3.85. The van der Waals surface area contributed by atoms with Crippen molar-refractivity contribution in [3.63, 3.8) is 0 Å². The molecule has 0 bridgehead atoms. The fourth-order valence-corrected chi connectivity index (χ4v) is 4.02. The van der Waals surface area contributed by atoms with Gasteiger partial charge in [0.05, 0.1) is 29.3 Å². The summed E-state index contributed by atoms with van der Waals surface area (Å²) < 4.78 is 32.5. The molecule has 0 fully saturated rings. The first-order valence-electron chi connectivity index (χ1n) is 6.92. The molecule has 2 rings (SSSR count). The Hall–Kier alpha value is -1.44. The molecule has 0 amide bonds. The van der Waals surface area contributed by atoms with Crippen LogP contribution in [0.15, 0.2) is 28.5 Å². The molecule has 2 aromatic rings. The van der Waals surface area contributed by atoms with Crippen LogP contribution in [0.4, 0.5) is 0 Å². The van der Waals surface area contributed by atoms with Crippen LogP contribution in [0.2, 0.25) is 0 Å². The Morgan fingerprint density at radius 2 is 2.09 bits per heavy atom. The lowest BCUT2D eigenvalue weighted by Crippen LogP contribution is -2.24. The molecule has 7 heteroatoms. The zero-order chi connectivity index (χ0) is 16.3. The molecule has 1 heterocycles. The van der Waals surface area contributed by atoms with Gasteiger partial charge in [-0.1, -0.05) is 13.8 Å². The quantitative estimate of drug-likeness (QED) is 0.877. The van der Waals surface area contributed by atoms with Gasteiger partial charge in [0.25, 0.3) is 0 Å². The monoisotopic (exact) mass is 340 g/mol. The maximum atomic E-state index is 12.4. The Balaban J connectivity index is 2.13. The van der Waals surface area contributed by atoms with Crippen molar-refractivity contribution in [3.05, 3.63) is 39.8 Å². The third-order valence-electron chi connectivity index (χ3n) is 3.18. The van der Waals surface area contributed by atoms with Crippen LogP contribution in [0, 0.1) is 6.92 Å². The van der Waals surface area contributed by atoms with E-state index in [1.165, 1.54) is 0 Å². The molecule has 22 heavy (non-hydrogen) atoms. The van der Waals surface area contributed by atoms with E-state index in [2.05, 4.69) is 23.6 Å². The maximum absolute atomic E-state index is 12.4. The van der Waals surface area contributed by atoms with Crippen molar-refractivity contribution in [2.45, 2.75) is 38.1 Å². The summed E-state index contributed by atoms with van der Waals surface area (Å²) in [6.45, 7) is 6.06. The predicted octanol–water partition coefficient (Wildman–Crippen LogP) is 3.06. The Labute approximate surface area is 135 Å². The SMILES string of the molecule is COc1ccc(S(=O)(=O)NCc2csc(C(C)C)n2)c(C)c1. The lowest BCUT2D eigenvalue weighted by molar-refractivity contribution is 0.414. The zero-order valence-corrected chi connectivity index (χ0v) is 14.7. The minimum atomic E-state index is -3.57.